The predicted molar refractivity (Wildman–Crippen MR) is 120 cm³/mol. The van der Waals surface area contributed by atoms with Crippen LogP contribution in [0.4, 0.5) is 0 Å². The zero-order valence-corrected chi connectivity index (χ0v) is 18.0. The quantitative estimate of drug-likeness (QED) is 0.384. The molecule has 0 aliphatic carbocycles. The molecule has 0 amide bonds. The lowest BCUT2D eigenvalue weighted by Gasteiger charge is -2.13. The molecule has 4 nitrogen and oxygen atoms in total. The second-order valence-electron chi connectivity index (χ2n) is 7.46. The van der Waals surface area contributed by atoms with Gasteiger partial charge in [-0.05, 0) is 43.2 Å². The maximum absolute atomic E-state index is 13.6. The summed E-state index contributed by atoms with van der Waals surface area (Å²) in [6, 6.07) is 24.6. The molecular weight excluding hydrogens is 394 g/mol. The molecule has 0 atom stereocenters. The van der Waals surface area contributed by atoms with Crippen molar-refractivity contribution in [3.8, 4) is 0 Å². The van der Waals surface area contributed by atoms with E-state index in [2.05, 4.69) is 0 Å². The van der Waals surface area contributed by atoms with Gasteiger partial charge in [-0.15, -0.1) is 0 Å². The van der Waals surface area contributed by atoms with Gasteiger partial charge >= 0.3 is 0 Å². The summed E-state index contributed by atoms with van der Waals surface area (Å²) >= 11 is 0. The molecule has 4 rings (SSSR count). The van der Waals surface area contributed by atoms with Crippen LogP contribution in [0.3, 0.4) is 0 Å². The highest BCUT2D eigenvalue weighted by Crippen LogP contribution is 2.30. The van der Waals surface area contributed by atoms with Crippen LogP contribution in [-0.2, 0) is 27.8 Å². The fourth-order valence-electron chi connectivity index (χ4n) is 3.73. The average Bonchev–Trinajstić information content (AvgIpc) is 3.05. The summed E-state index contributed by atoms with van der Waals surface area (Å²) in [5.74, 6) is 0. The number of para-hydroxylation sites is 1. The molecule has 0 fully saturated rings. The zero-order chi connectivity index (χ0) is 21.1. The monoisotopic (exact) mass is 419 g/mol. The standard InChI is InChI=1S/C25H25NO3S/c1-19-12-14-22(15-13-19)30(27,28)26-24(20(2)23-10-6-7-11-25(23)26)16-17-29-18-21-8-4-3-5-9-21/h3-15H,16-18H2,1-2H3. The van der Waals surface area contributed by atoms with Crippen LogP contribution in [0.25, 0.3) is 10.9 Å². The zero-order valence-electron chi connectivity index (χ0n) is 17.2. The van der Waals surface area contributed by atoms with E-state index in [0.717, 1.165) is 27.8 Å². The van der Waals surface area contributed by atoms with Crippen LogP contribution in [0.15, 0.2) is 83.8 Å². The van der Waals surface area contributed by atoms with Crippen LogP contribution < -0.4 is 0 Å². The van der Waals surface area contributed by atoms with Crippen molar-refractivity contribution < 1.29 is 13.2 Å². The second-order valence-corrected chi connectivity index (χ2v) is 9.25. The summed E-state index contributed by atoms with van der Waals surface area (Å²) in [4.78, 5) is 0.292. The van der Waals surface area contributed by atoms with E-state index in [1.165, 1.54) is 3.97 Å². The summed E-state index contributed by atoms with van der Waals surface area (Å²) in [7, 11) is -3.72. The maximum Gasteiger partial charge on any atom is 0.268 e. The Labute approximate surface area is 177 Å². The Morgan fingerprint density at radius 1 is 0.833 bits per heavy atom. The molecule has 0 radical (unpaired) electrons. The Balaban J connectivity index is 1.69. The smallest absolute Gasteiger partial charge is 0.268 e. The van der Waals surface area contributed by atoms with Crippen molar-refractivity contribution in [1.29, 1.82) is 0 Å². The van der Waals surface area contributed by atoms with E-state index >= 15 is 0 Å². The molecule has 154 valence electrons. The summed E-state index contributed by atoms with van der Waals surface area (Å²) in [6.07, 6.45) is 0.512. The van der Waals surface area contributed by atoms with Gasteiger partial charge in [0.2, 0.25) is 0 Å². The fraction of sp³-hybridized carbons (Fsp3) is 0.200. The van der Waals surface area contributed by atoms with Crippen LogP contribution in [0.5, 0.6) is 0 Å². The summed E-state index contributed by atoms with van der Waals surface area (Å²) < 4.78 is 34.5. The molecule has 0 spiro atoms. The lowest BCUT2D eigenvalue weighted by molar-refractivity contribution is 0.123. The average molecular weight is 420 g/mol. The molecule has 0 bridgehead atoms. The van der Waals surface area contributed by atoms with Gasteiger partial charge in [0, 0.05) is 17.5 Å². The van der Waals surface area contributed by atoms with E-state index in [-0.39, 0.29) is 0 Å². The minimum absolute atomic E-state index is 0.292. The molecule has 0 saturated heterocycles. The molecule has 30 heavy (non-hydrogen) atoms. The number of fused-ring (bicyclic) bond motifs is 1. The van der Waals surface area contributed by atoms with Crippen molar-refractivity contribution in [3.63, 3.8) is 0 Å². The van der Waals surface area contributed by atoms with E-state index in [4.69, 9.17) is 4.74 Å². The number of nitrogens with zero attached hydrogens (tertiary/aromatic N) is 1. The third-order valence-electron chi connectivity index (χ3n) is 5.36. The molecule has 3 aromatic carbocycles. The van der Waals surface area contributed by atoms with Gasteiger partial charge in [-0.2, -0.15) is 0 Å². The first-order valence-electron chi connectivity index (χ1n) is 10.0. The van der Waals surface area contributed by atoms with Crippen molar-refractivity contribution in [2.45, 2.75) is 31.8 Å². The van der Waals surface area contributed by atoms with Gasteiger partial charge in [0.15, 0.2) is 0 Å². The number of ether oxygens (including phenoxy) is 1. The fourth-order valence-corrected chi connectivity index (χ4v) is 5.36. The number of rotatable bonds is 7. The highest BCUT2D eigenvalue weighted by Gasteiger charge is 2.25. The molecule has 4 aromatic rings. The van der Waals surface area contributed by atoms with Crippen molar-refractivity contribution in [2.24, 2.45) is 0 Å². The Hall–Kier alpha value is -2.89. The topological polar surface area (TPSA) is 48.3 Å². The van der Waals surface area contributed by atoms with E-state index < -0.39 is 10.0 Å². The molecule has 0 unspecified atom stereocenters. The number of hydrogen-bond donors (Lipinski definition) is 0. The van der Waals surface area contributed by atoms with Crippen molar-refractivity contribution in [2.75, 3.05) is 6.61 Å². The highest BCUT2D eigenvalue weighted by atomic mass is 32.2. The summed E-state index contributed by atoms with van der Waals surface area (Å²) in [5, 5.41) is 0.950. The second kappa shape index (κ2) is 8.46. The molecular formula is C25H25NO3S. The minimum atomic E-state index is -3.72. The van der Waals surface area contributed by atoms with Crippen LogP contribution in [0.2, 0.25) is 0 Å². The number of hydrogen-bond acceptors (Lipinski definition) is 3. The van der Waals surface area contributed by atoms with Crippen molar-refractivity contribution in [1.82, 2.24) is 3.97 Å². The van der Waals surface area contributed by atoms with Crippen LogP contribution in [-0.4, -0.2) is 19.0 Å². The third kappa shape index (κ3) is 3.91. The Morgan fingerprint density at radius 3 is 2.23 bits per heavy atom. The Bertz CT molecular complexity index is 1260. The predicted octanol–water partition coefficient (Wildman–Crippen LogP) is 5.25. The van der Waals surface area contributed by atoms with Gasteiger partial charge in [-0.3, -0.25) is 0 Å². The van der Waals surface area contributed by atoms with E-state index in [9.17, 15) is 8.42 Å². The van der Waals surface area contributed by atoms with Gasteiger partial charge in [0.1, 0.15) is 0 Å². The maximum atomic E-state index is 13.6. The van der Waals surface area contributed by atoms with Crippen molar-refractivity contribution in [3.05, 3.63) is 101 Å². The number of aromatic nitrogens is 1. The largest absolute Gasteiger partial charge is 0.376 e. The van der Waals surface area contributed by atoms with Gasteiger partial charge < -0.3 is 4.74 Å². The molecule has 0 N–H and O–H groups in total. The third-order valence-corrected chi connectivity index (χ3v) is 7.12. The lowest BCUT2D eigenvalue weighted by atomic mass is 10.1. The Morgan fingerprint density at radius 2 is 1.50 bits per heavy atom. The van der Waals surface area contributed by atoms with Gasteiger partial charge in [-0.25, -0.2) is 12.4 Å². The highest BCUT2D eigenvalue weighted by molar-refractivity contribution is 7.90. The summed E-state index contributed by atoms with van der Waals surface area (Å²) in [5.41, 5.74) is 4.57. The number of aryl methyl sites for hydroxylation is 2. The molecule has 5 heteroatoms. The molecule has 0 saturated carbocycles. The number of benzene rings is 3. The molecule has 0 aliphatic heterocycles. The molecule has 0 aliphatic rings. The van der Waals surface area contributed by atoms with E-state index in [1.807, 2.05) is 80.6 Å². The SMILES string of the molecule is Cc1ccc(S(=O)(=O)n2c(CCOCc3ccccc3)c(C)c3ccccc32)cc1. The minimum Gasteiger partial charge on any atom is -0.376 e. The molecule has 1 heterocycles. The Kier molecular flexibility index (Phi) is 5.75. The van der Waals surface area contributed by atoms with Gasteiger partial charge in [0.25, 0.3) is 10.0 Å². The first-order chi connectivity index (χ1) is 14.5. The first kappa shape index (κ1) is 20.4. The van der Waals surface area contributed by atoms with E-state index in [0.29, 0.717) is 30.0 Å². The van der Waals surface area contributed by atoms with Gasteiger partial charge in [0.05, 0.1) is 23.6 Å². The first-order valence-corrected chi connectivity index (χ1v) is 11.5. The summed E-state index contributed by atoms with van der Waals surface area (Å²) in [6.45, 7) is 4.87. The van der Waals surface area contributed by atoms with Crippen LogP contribution in [0, 0.1) is 13.8 Å². The lowest BCUT2D eigenvalue weighted by Crippen LogP contribution is -2.17. The van der Waals surface area contributed by atoms with Crippen LogP contribution in [0.1, 0.15) is 22.4 Å². The molecule has 1 aromatic heterocycles. The van der Waals surface area contributed by atoms with Crippen LogP contribution >= 0.6 is 0 Å². The normalized spacial score (nSPS) is 11.8. The van der Waals surface area contributed by atoms with Crippen molar-refractivity contribution >= 4 is 20.9 Å². The van der Waals surface area contributed by atoms with Gasteiger partial charge in [-0.1, -0.05) is 66.2 Å². The van der Waals surface area contributed by atoms with E-state index in [1.54, 1.807) is 12.1 Å².